The number of nitrogen functional groups attached to an aromatic ring is 1. The molecule has 2 aromatic carbocycles. The average molecular weight is 275 g/mol. The second kappa shape index (κ2) is 5.13. The van der Waals surface area contributed by atoms with Crippen LogP contribution in [-0.2, 0) is 6.42 Å². The van der Waals surface area contributed by atoms with Crippen molar-refractivity contribution in [1.82, 2.24) is 0 Å². The molecule has 1 atom stereocenters. The van der Waals surface area contributed by atoms with Crippen molar-refractivity contribution in [3.8, 4) is 5.75 Å². The molecule has 0 amide bonds. The summed E-state index contributed by atoms with van der Waals surface area (Å²) in [5, 5.41) is 0. The molecule has 98 valence electrons. The second-order valence-electron chi connectivity index (χ2n) is 4.58. The van der Waals surface area contributed by atoms with E-state index in [0.717, 1.165) is 22.8 Å². The largest absolute Gasteiger partial charge is 0.489 e. The van der Waals surface area contributed by atoms with Crippen LogP contribution in [0.5, 0.6) is 5.75 Å². The van der Waals surface area contributed by atoms with E-state index in [0.29, 0.717) is 5.69 Å². The first kappa shape index (κ1) is 12.4. The van der Waals surface area contributed by atoms with Gasteiger partial charge in [-0.2, -0.15) is 0 Å². The molecule has 0 saturated heterocycles. The number of fused-ring (bicyclic) bond motifs is 1. The number of anilines is 1. The van der Waals surface area contributed by atoms with E-state index < -0.39 is 0 Å². The molecule has 1 heterocycles. The fraction of sp³-hybridized carbons (Fsp3) is 0.200. The van der Waals surface area contributed by atoms with Crippen LogP contribution in [0.3, 0.4) is 0 Å². The average Bonchev–Trinajstić information content (AvgIpc) is 2.78. The number of hydrogen-bond acceptors (Lipinski definition) is 3. The van der Waals surface area contributed by atoms with Gasteiger partial charge in [0.1, 0.15) is 17.7 Å². The summed E-state index contributed by atoms with van der Waals surface area (Å²) < 4.78 is 19.1. The standard InChI is InChI=1S/C15H14FNOS/c16-11-6-12(17)8-14(7-11)19-9-13-5-10-3-1-2-4-15(10)18-13/h1-4,6-8,13H,5,9,17H2. The Morgan fingerprint density at radius 3 is 2.89 bits per heavy atom. The number of halogens is 1. The van der Waals surface area contributed by atoms with Gasteiger partial charge in [0.05, 0.1) is 0 Å². The highest BCUT2D eigenvalue weighted by Crippen LogP contribution is 2.31. The maximum atomic E-state index is 13.2. The van der Waals surface area contributed by atoms with E-state index in [1.807, 2.05) is 18.2 Å². The summed E-state index contributed by atoms with van der Waals surface area (Å²) in [4.78, 5) is 0.844. The van der Waals surface area contributed by atoms with Crippen molar-refractivity contribution in [2.75, 3.05) is 11.5 Å². The van der Waals surface area contributed by atoms with Crippen LogP contribution in [0.15, 0.2) is 47.4 Å². The number of hydrogen-bond donors (Lipinski definition) is 1. The van der Waals surface area contributed by atoms with E-state index in [9.17, 15) is 4.39 Å². The summed E-state index contributed by atoms with van der Waals surface area (Å²) in [5.74, 6) is 1.46. The first-order chi connectivity index (χ1) is 9.20. The number of rotatable bonds is 3. The van der Waals surface area contributed by atoms with Gasteiger partial charge < -0.3 is 10.5 Å². The molecule has 0 aliphatic carbocycles. The minimum absolute atomic E-state index is 0.145. The minimum atomic E-state index is -0.293. The number of thioether (sulfide) groups is 1. The van der Waals surface area contributed by atoms with Gasteiger partial charge in [-0.3, -0.25) is 0 Å². The fourth-order valence-electron chi connectivity index (χ4n) is 2.20. The van der Waals surface area contributed by atoms with E-state index in [4.69, 9.17) is 10.5 Å². The third-order valence-electron chi connectivity index (χ3n) is 3.04. The topological polar surface area (TPSA) is 35.2 Å². The van der Waals surface area contributed by atoms with Gasteiger partial charge in [0, 0.05) is 22.8 Å². The number of nitrogens with two attached hydrogens (primary N) is 1. The number of para-hydroxylation sites is 1. The van der Waals surface area contributed by atoms with Gasteiger partial charge in [-0.1, -0.05) is 18.2 Å². The number of ether oxygens (including phenoxy) is 1. The lowest BCUT2D eigenvalue weighted by Crippen LogP contribution is -2.15. The molecule has 2 N–H and O–H groups in total. The highest BCUT2D eigenvalue weighted by molar-refractivity contribution is 7.99. The van der Waals surface area contributed by atoms with Crippen LogP contribution < -0.4 is 10.5 Å². The zero-order valence-electron chi connectivity index (χ0n) is 10.3. The molecular weight excluding hydrogens is 261 g/mol. The van der Waals surface area contributed by atoms with E-state index >= 15 is 0 Å². The molecule has 2 nitrogen and oxygen atoms in total. The van der Waals surface area contributed by atoms with Gasteiger partial charge >= 0.3 is 0 Å². The molecule has 0 bridgehead atoms. The van der Waals surface area contributed by atoms with Crippen molar-refractivity contribution in [2.45, 2.75) is 17.4 Å². The van der Waals surface area contributed by atoms with Crippen molar-refractivity contribution >= 4 is 17.4 Å². The molecule has 3 rings (SSSR count). The lowest BCUT2D eigenvalue weighted by Gasteiger charge is -2.10. The Kier molecular flexibility index (Phi) is 3.34. The molecule has 4 heteroatoms. The Hall–Kier alpha value is -1.68. The minimum Gasteiger partial charge on any atom is -0.489 e. The van der Waals surface area contributed by atoms with Crippen LogP contribution in [0.1, 0.15) is 5.56 Å². The van der Waals surface area contributed by atoms with Crippen LogP contribution in [0.4, 0.5) is 10.1 Å². The van der Waals surface area contributed by atoms with Gasteiger partial charge in [0.25, 0.3) is 0 Å². The maximum absolute atomic E-state index is 13.2. The van der Waals surface area contributed by atoms with E-state index in [2.05, 4.69) is 6.07 Å². The molecule has 2 aromatic rings. The molecule has 0 fully saturated rings. The molecule has 0 aromatic heterocycles. The van der Waals surface area contributed by atoms with Crippen molar-refractivity contribution < 1.29 is 9.13 Å². The third-order valence-corrected chi connectivity index (χ3v) is 4.15. The summed E-state index contributed by atoms with van der Waals surface area (Å²) in [7, 11) is 0. The lowest BCUT2D eigenvalue weighted by molar-refractivity contribution is 0.259. The van der Waals surface area contributed by atoms with Gasteiger partial charge in [-0.25, -0.2) is 4.39 Å². The molecule has 0 saturated carbocycles. The molecule has 0 spiro atoms. The summed E-state index contributed by atoms with van der Waals surface area (Å²) in [6.07, 6.45) is 1.06. The quantitative estimate of drug-likeness (QED) is 0.688. The van der Waals surface area contributed by atoms with Crippen LogP contribution >= 0.6 is 11.8 Å². The summed E-state index contributed by atoms with van der Waals surface area (Å²) >= 11 is 1.57. The number of benzene rings is 2. The van der Waals surface area contributed by atoms with Crippen LogP contribution in [-0.4, -0.2) is 11.9 Å². The Morgan fingerprint density at radius 2 is 2.11 bits per heavy atom. The zero-order chi connectivity index (χ0) is 13.2. The predicted molar refractivity (Wildman–Crippen MR) is 76.1 cm³/mol. The van der Waals surface area contributed by atoms with E-state index in [1.54, 1.807) is 17.8 Å². The SMILES string of the molecule is Nc1cc(F)cc(SCC2Cc3ccccc3O2)c1. The van der Waals surface area contributed by atoms with Gasteiger partial charge in [0.2, 0.25) is 0 Å². The van der Waals surface area contributed by atoms with Crippen LogP contribution in [0.25, 0.3) is 0 Å². The second-order valence-corrected chi connectivity index (χ2v) is 5.68. The smallest absolute Gasteiger partial charge is 0.126 e. The molecule has 1 unspecified atom stereocenters. The van der Waals surface area contributed by atoms with Crippen molar-refractivity contribution in [2.24, 2.45) is 0 Å². The van der Waals surface area contributed by atoms with E-state index in [-0.39, 0.29) is 11.9 Å². The fourth-order valence-corrected chi connectivity index (χ4v) is 3.18. The van der Waals surface area contributed by atoms with Crippen molar-refractivity contribution in [1.29, 1.82) is 0 Å². The maximum Gasteiger partial charge on any atom is 0.126 e. The van der Waals surface area contributed by atoms with Crippen molar-refractivity contribution in [3.63, 3.8) is 0 Å². The summed E-state index contributed by atoms with van der Waals surface area (Å²) in [6.45, 7) is 0. The molecular formula is C15H14FNOS. The Labute approximate surface area is 115 Å². The van der Waals surface area contributed by atoms with Crippen LogP contribution in [0.2, 0.25) is 0 Å². The van der Waals surface area contributed by atoms with Gasteiger partial charge in [-0.05, 0) is 29.8 Å². The Morgan fingerprint density at radius 1 is 1.26 bits per heavy atom. The summed E-state index contributed by atoms with van der Waals surface area (Å²) in [6, 6.07) is 12.7. The third kappa shape index (κ3) is 2.84. The zero-order valence-corrected chi connectivity index (χ0v) is 11.1. The molecule has 0 radical (unpaired) electrons. The lowest BCUT2D eigenvalue weighted by atomic mass is 10.1. The van der Waals surface area contributed by atoms with Gasteiger partial charge in [-0.15, -0.1) is 11.8 Å². The van der Waals surface area contributed by atoms with Gasteiger partial charge in [0.15, 0.2) is 0 Å². The Bertz CT molecular complexity index is 557. The molecule has 1 aliphatic heterocycles. The summed E-state index contributed by atoms with van der Waals surface area (Å²) in [5.41, 5.74) is 7.33. The highest BCUT2D eigenvalue weighted by Gasteiger charge is 2.22. The first-order valence-corrected chi connectivity index (χ1v) is 7.13. The molecule has 1 aliphatic rings. The van der Waals surface area contributed by atoms with E-state index in [1.165, 1.54) is 17.7 Å². The Balaban J connectivity index is 1.62. The molecule has 19 heavy (non-hydrogen) atoms. The van der Waals surface area contributed by atoms with Crippen LogP contribution in [0, 0.1) is 5.82 Å². The highest BCUT2D eigenvalue weighted by atomic mass is 32.2. The predicted octanol–water partition coefficient (Wildman–Crippen LogP) is 3.50. The first-order valence-electron chi connectivity index (χ1n) is 6.14. The van der Waals surface area contributed by atoms with Crippen molar-refractivity contribution in [3.05, 3.63) is 53.8 Å². The normalized spacial score (nSPS) is 17.0. The monoisotopic (exact) mass is 275 g/mol.